The van der Waals surface area contributed by atoms with Crippen molar-refractivity contribution in [1.29, 1.82) is 0 Å². The molecule has 0 saturated carbocycles. The maximum atomic E-state index is 13.3. The van der Waals surface area contributed by atoms with E-state index in [2.05, 4.69) is 107 Å². The monoisotopic (exact) mass is 903 g/mol. The Bertz CT molecular complexity index is 2350. The van der Waals surface area contributed by atoms with Gasteiger partial charge in [-0.15, -0.1) is 0 Å². The van der Waals surface area contributed by atoms with E-state index >= 15 is 0 Å². The lowest BCUT2D eigenvalue weighted by molar-refractivity contribution is -0.121. The van der Waals surface area contributed by atoms with Gasteiger partial charge in [0, 0.05) is 70.6 Å². The fourth-order valence-corrected chi connectivity index (χ4v) is 11.5. The summed E-state index contributed by atoms with van der Waals surface area (Å²) >= 11 is 0. The number of aryl methyl sites for hydroxylation is 2. The molecule has 3 aromatic heterocycles. The number of allylic oxidation sites excluding steroid dienone is 4. The van der Waals surface area contributed by atoms with Gasteiger partial charge in [-0.25, -0.2) is 9.97 Å². The van der Waals surface area contributed by atoms with Crippen molar-refractivity contribution in [2.24, 2.45) is 0 Å². The van der Waals surface area contributed by atoms with Crippen molar-refractivity contribution in [3.05, 3.63) is 82.5 Å². The lowest BCUT2D eigenvalue weighted by Gasteiger charge is -2.09. The summed E-state index contributed by atoms with van der Waals surface area (Å²) in [6.45, 7) is 18.2. The van der Waals surface area contributed by atoms with Crippen LogP contribution in [0.15, 0.2) is 37.4 Å². The molecular weight excluding hydrogens is 829 g/mol. The molecule has 6 rings (SSSR count). The molecule has 3 aliphatic heterocycles. The predicted octanol–water partition coefficient (Wildman–Crippen LogP) is 14.5. The van der Waals surface area contributed by atoms with Crippen LogP contribution in [-0.4, -0.2) is 56.3 Å². The number of hydrogen-bond donors (Lipinski definition) is 4. The normalized spacial score (nSPS) is 18.6. The van der Waals surface area contributed by atoms with Crippen molar-refractivity contribution in [3.8, 4) is 0 Å². The third-order valence-corrected chi connectivity index (χ3v) is 15.9. The Morgan fingerprint density at radius 2 is 0.844 bits per heavy atom. The van der Waals surface area contributed by atoms with E-state index in [0.29, 0.717) is 38.8 Å². The number of fused-ring (bicyclic) bond motifs is 6. The summed E-state index contributed by atoms with van der Waals surface area (Å²) in [5, 5.41) is 6.41. The summed E-state index contributed by atoms with van der Waals surface area (Å²) < 4.78 is 0. The van der Waals surface area contributed by atoms with Crippen LogP contribution in [0.1, 0.15) is 187 Å². The first-order chi connectivity index (χ1) is 31.2. The average Bonchev–Trinajstić information content (AvgIpc) is 3.95. The lowest BCUT2D eigenvalue weighted by atomic mass is 9.98. The lowest BCUT2D eigenvalue weighted by Crippen LogP contribution is -2.24. The van der Waals surface area contributed by atoms with Crippen molar-refractivity contribution < 1.29 is 9.59 Å². The maximum absolute atomic E-state index is 13.3. The van der Waals surface area contributed by atoms with Gasteiger partial charge in [-0.2, -0.15) is 0 Å². The first kappa shape index (κ1) is 49.2. The fraction of sp³-hybridized carbons (Fsp3) is 0.519. The Labute approximate surface area is 391 Å². The van der Waals surface area contributed by atoms with Crippen LogP contribution in [0.4, 0.5) is 0 Å². The number of H-pyrrole nitrogens is 2. The summed E-state index contributed by atoms with van der Waals surface area (Å²) in [6.07, 6.45) is 25.6. The highest BCUT2D eigenvalue weighted by atomic mass is 33.1. The van der Waals surface area contributed by atoms with Crippen molar-refractivity contribution in [1.82, 2.24) is 30.6 Å². The van der Waals surface area contributed by atoms with Crippen LogP contribution >= 0.6 is 21.6 Å². The van der Waals surface area contributed by atoms with Crippen LogP contribution in [0.5, 0.6) is 0 Å². The van der Waals surface area contributed by atoms with E-state index in [1.807, 2.05) is 12.2 Å². The minimum atomic E-state index is 0.0682. The second-order valence-corrected chi connectivity index (χ2v) is 20.6. The van der Waals surface area contributed by atoms with Crippen molar-refractivity contribution >= 4 is 89.9 Å². The minimum absolute atomic E-state index is 0.0682. The van der Waals surface area contributed by atoms with Crippen LogP contribution in [0, 0.1) is 13.8 Å². The first-order valence-electron chi connectivity index (χ1n) is 24.4. The number of amides is 2. The molecule has 0 radical (unpaired) electrons. The zero-order chi connectivity index (χ0) is 45.3. The standard InChI is InChI=1S/C54H74N6O2S2/c1-7-41-37(3)45-33-46-39(5)43-25-27-53(61)55-29-21-17-13-9-11-15-19-23-31-63-64-32-24-20-16-12-10-14-18-22-30-56-54(62)28-26-44-40(6)48(60-52(44)36-51(43)59-46)35-50-42(8-2)38(4)47(58-50)34-49(41)57-45/h7-8,33-36,57-58H,1-2,9-32H2,3-6H3,(H,55,61)(H,56,62). The van der Waals surface area contributed by atoms with Gasteiger partial charge in [0.15, 0.2) is 0 Å². The molecule has 0 saturated heterocycles. The van der Waals surface area contributed by atoms with E-state index in [9.17, 15) is 9.59 Å². The minimum Gasteiger partial charge on any atom is -0.356 e. The number of carbonyl (C=O) groups is 2. The summed E-state index contributed by atoms with van der Waals surface area (Å²) in [4.78, 5) is 44.5. The third kappa shape index (κ3) is 13.6. The third-order valence-electron chi connectivity index (χ3n) is 13.3. The van der Waals surface area contributed by atoms with Crippen LogP contribution in [0.25, 0.3) is 56.5 Å². The number of aromatic amines is 2. The second-order valence-electron chi connectivity index (χ2n) is 17.9. The van der Waals surface area contributed by atoms with Gasteiger partial charge in [-0.05, 0) is 124 Å². The smallest absolute Gasteiger partial charge is 0.220 e. The SMILES string of the molecule is C=Cc1c(C)c2cc3[nH]c(cc4nc5cc6nc(cc1[nH]2)C(C)=C6CCC(=O)NCCCCCCCCCCSSCCCCCCCCCCNC(=O)CCC5=C4C)c(C)c3C=C. The topological polar surface area (TPSA) is 116 Å². The molecule has 0 fully saturated rings. The van der Waals surface area contributed by atoms with Crippen LogP contribution in [0.3, 0.4) is 0 Å². The van der Waals surface area contributed by atoms with Gasteiger partial charge in [-0.1, -0.05) is 124 Å². The Morgan fingerprint density at radius 3 is 1.28 bits per heavy atom. The summed E-state index contributed by atoms with van der Waals surface area (Å²) in [5.41, 5.74) is 15.6. The molecule has 0 atom stereocenters. The number of nitrogens with zero attached hydrogens (tertiary/aromatic N) is 2. The van der Waals surface area contributed by atoms with E-state index in [0.717, 1.165) is 115 Å². The highest BCUT2D eigenvalue weighted by Gasteiger charge is 2.23. The number of hydrogen-bond acceptors (Lipinski definition) is 6. The molecule has 10 heteroatoms. The number of nitrogens with one attached hydrogen (secondary N) is 4. The molecule has 0 aliphatic carbocycles. The van der Waals surface area contributed by atoms with Gasteiger partial charge in [0.25, 0.3) is 0 Å². The van der Waals surface area contributed by atoms with E-state index in [1.54, 1.807) is 0 Å². The van der Waals surface area contributed by atoms with Crippen LogP contribution < -0.4 is 10.6 Å². The van der Waals surface area contributed by atoms with E-state index < -0.39 is 0 Å². The Morgan fingerprint density at radius 1 is 0.469 bits per heavy atom. The van der Waals surface area contributed by atoms with Gasteiger partial charge >= 0.3 is 0 Å². The van der Waals surface area contributed by atoms with Gasteiger partial charge in [0.2, 0.25) is 11.8 Å². The predicted molar refractivity (Wildman–Crippen MR) is 279 cm³/mol. The van der Waals surface area contributed by atoms with Crippen molar-refractivity contribution in [2.45, 2.75) is 156 Å². The highest BCUT2D eigenvalue weighted by Crippen LogP contribution is 2.38. The molecule has 8 bridgehead atoms. The largest absolute Gasteiger partial charge is 0.356 e. The van der Waals surface area contributed by atoms with E-state index in [4.69, 9.17) is 9.97 Å². The van der Waals surface area contributed by atoms with Crippen molar-refractivity contribution in [3.63, 3.8) is 0 Å². The zero-order valence-corrected chi connectivity index (χ0v) is 41.0. The molecule has 64 heavy (non-hydrogen) atoms. The highest BCUT2D eigenvalue weighted by molar-refractivity contribution is 8.76. The molecular formula is C54H74N6O2S2. The molecule has 3 aromatic rings. The molecule has 6 heterocycles. The van der Waals surface area contributed by atoms with Crippen LogP contribution in [0.2, 0.25) is 0 Å². The maximum Gasteiger partial charge on any atom is 0.220 e. The molecule has 4 N–H and O–H groups in total. The summed E-state index contributed by atoms with van der Waals surface area (Å²) in [6, 6.07) is 8.46. The number of carbonyl (C=O) groups excluding carboxylic acids is 2. The Kier molecular flexibility index (Phi) is 19.5. The molecule has 344 valence electrons. The molecule has 3 aliphatic rings. The Balaban J connectivity index is 1.29. The molecule has 0 aromatic carbocycles. The molecule has 8 nitrogen and oxygen atoms in total. The molecule has 2 amide bonds. The second kappa shape index (κ2) is 25.4. The summed E-state index contributed by atoms with van der Waals surface area (Å²) in [7, 11) is 4.13. The van der Waals surface area contributed by atoms with Gasteiger partial charge in [-0.3, -0.25) is 9.59 Å². The van der Waals surface area contributed by atoms with Crippen LogP contribution in [-0.2, 0) is 9.59 Å². The first-order valence-corrected chi connectivity index (χ1v) is 26.9. The molecule has 0 unspecified atom stereocenters. The fourth-order valence-electron chi connectivity index (χ4n) is 9.22. The Hall–Kier alpha value is -4.28. The quantitative estimate of drug-likeness (QED) is 0.190. The van der Waals surface area contributed by atoms with Gasteiger partial charge in [0.1, 0.15) is 0 Å². The average molecular weight is 903 g/mol. The summed E-state index contributed by atoms with van der Waals surface area (Å²) in [5.74, 6) is 2.68. The number of aromatic nitrogens is 4. The molecule has 0 spiro atoms. The van der Waals surface area contributed by atoms with E-state index in [1.165, 1.54) is 88.6 Å². The van der Waals surface area contributed by atoms with E-state index in [-0.39, 0.29) is 11.8 Å². The number of rotatable bonds is 2. The van der Waals surface area contributed by atoms with Gasteiger partial charge in [0.05, 0.1) is 22.8 Å². The van der Waals surface area contributed by atoms with Gasteiger partial charge < -0.3 is 20.6 Å². The van der Waals surface area contributed by atoms with Crippen molar-refractivity contribution in [2.75, 3.05) is 24.6 Å². The zero-order valence-electron chi connectivity index (χ0n) is 39.4.